The van der Waals surface area contributed by atoms with Crippen LogP contribution in [0.5, 0.6) is 0 Å². The normalized spacial score (nSPS) is 12.2. The highest BCUT2D eigenvalue weighted by molar-refractivity contribution is 5.76. The summed E-state index contributed by atoms with van der Waals surface area (Å²) in [6, 6.07) is 0. The highest BCUT2D eigenvalue weighted by atomic mass is 16.5. The Kier molecular flexibility index (Phi) is 33.0. The average Bonchev–Trinajstić information content (AvgIpc) is 2.94. The lowest BCUT2D eigenvalue weighted by atomic mass is 10.1. The second kappa shape index (κ2) is 33.6. The molecule has 0 rings (SSSR count). The van der Waals surface area contributed by atoms with Gasteiger partial charge in [-0.05, 0) is 12.8 Å². The maximum absolute atomic E-state index is 11.9. The second-order valence-corrected chi connectivity index (χ2v) is 11.7. The van der Waals surface area contributed by atoms with Crippen LogP contribution in [0.25, 0.3) is 0 Å². The molecule has 0 saturated heterocycles. The van der Waals surface area contributed by atoms with E-state index in [2.05, 4.69) is 19.2 Å². The maximum atomic E-state index is 11.9. The predicted molar refractivity (Wildman–Crippen MR) is 169 cm³/mol. The van der Waals surface area contributed by atoms with Crippen molar-refractivity contribution >= 4 is 5.91 Å². The maximum Gasteiger partial charge on any atom is 0.221 e. The summed E-state index contributed by atoms with van der Waals surface area (Å²) >= 11 is 0. The van der Waals surface area contributed by atoms with Crippen molar-refractivity contribution < 1.29 is 14.3 Å². The van der Waals surface area contributed by atoms with Crippen molar-refractivity contribution in [3.05, 3.63) is 0 Å². The third-order valence-corrected chi connectivity index (χ3v) is 7.70. The van der Waals surface area contributed by atoms with E-state index in [-0.39, 0.29) is 12.0 Å². The quantitative estimate of drug-likeness (QED) is 0.0793. The summed E-state index contributed by atoms with van der Waals surface area (Å²) in [5.74, 6) is -0.00239. The van der Waals surface area contributed by atoms with E-state index >= 15 is 0 Å². The molecule has 234 valence electrons. The van der Waals surface area contributed by atoms with Crippen LogP contribution >= 0.6 is 0 Å². The average molecular weight is 555 g/mol. The first-order valence-electron chi connectivity index (χ1n) is 17.4. The van der Waals surface area contributed by atoms with E-state index in [1.807, 2.05) is 0 Å². The Morgan fingerprint density at radius 1 is 0.590 bits per heavy atom. The van der Waals surface area contributed by atoms with Crippen LogP contribution in [-0.2, 0) is 14.3 Å². The largest absolute Gasteiger partial charge is 0.379 e. The molecule has 0 aromatic carbocycles. The van der Waals surface area contributed by atoms with Gasteiger partial charge < -0.3 is 20.5 Å². The van der Waals surface area contributed by atoms with Crippen molar-refractivity contribution in [2.24, 2.45) is 5.73 Å². The molecule has 0 aliphatic rings. The first-order valence-corrected chi connectivity index (χ1v) is 17.4. The van der Waals surface area contributed by atoms with E-state index in [4.69, 9.17) is 15.2 Å². The third-order valence-electron chi connectivity index (χ3n) is 7.70. The Morgan fingerprint density at radius 3 is 1.38 bits per heavy atom. The van der Waals surface area contributed by atoms with Gasteiger partial charge >= 0.3 is 0 Å². The van der Waals surface area contributed by atoms with Gasteiger partial charge in [-0.1, -0.05) is 155 Å². The molecule has 0 radical (unpaired) electrons. The van der Waals surface area contributed by atoms with E-state index in [1.165, 1.54) is 141 Å². The molecule has 0 spiro atoms. The van der Waals surface area contributed by atoms with E-state index in [1.54, 1.807) is 0 Å². The zero-order chi connectivity index (χ0) is 28.5. The van der Waals surface area contributed by atoms with Crippen LogP contribution in [0.2, 0.25) is 0 Å². The Morgan fingerprint density at radius 2 is 0.974 bits per heavy atom. The van der Waals surface area contributed by atoms with Crippen molar-refractivity contribution in [3.63, 3.8) is 0 Å². The van der Waals surface area contributed by atoms with Crippen LogP contribution < -0.4 is 11.1 Å². The molecule has 0 bridgehead atoms. The van der Waals surface area contributed by atoms with Gasteiger partial charge in [0, 0.05) is 32.7 Å². The first-order chi connectivity index (χ1) is 19.2. The number of nitrogens with one attached hydrogen (secondary N) is 1. The lowest BCUT2D eigenvalue weighted by molar-refractivity contribution is -0.122. The Hall–Kier alpha value is -0.650. The zero-order valence-corrected chi connectivity index (χ0v) is 26.6. The molecule has 39 heavy (non-hydrogen) atoms. The zero-order valence-electron chi connectivity index (χ0n) is 26.6. The van der Waals surface area contributed by atoms with Gasteiger partial charge in [0.1, 0.15) is 0 Å². The number of hydrogen-bond donors (Lipinski definition) is 2. The van der Waals surface area contributed by atoms with Crippen molar-refractivity contribution in [3.8, 4) is 0 Å². The van der Waals surface area contributed by atoms with Gasteiger partial charge in [0.15, 0.2) is 0 Å². The molecule has 0 fully saturated rings. The summed E-state index contributed by atoms with van der Waals surface area (Å²) in [4.78, 5) is 11.9. The molecule has 5 heteroatoms. The number of unbranched alkanes of at least 4 members (excludes halogenated alkanes) is 22. The summed E-state index contributed by atoms with van der Waals surface area (Å²) < 4.78 is 12.0. The summed E-state index contributed by atoms with van der Waals surface area (Å²) in [5.41, 5.74) is 5.50. The minimum Gasteiger partial charge on any atom is -0.379 e. The van der Waals surface area contributed by atoms with Crippen molar-refractivity contribution in [1.82, 2.24) is 5.32 Å². The number of rotatable bonds is 33. The molecule has 1 unspecified atom stereocenters. The smallest absolute Gasteiger partial charge is 0.221 e. The number of nitrogens with two attached hydrogens (primary N) is 1. The van der Waals surface area contributed by atoms with E-state index < -0.39 is 0 Å². The minimum absolute atomic E-state index is 0.00239. The van der Waals surface area contributed by atoms with Crippen LogP contribution in [0.4, 0.5) is 0 Å². The fourth-order valence-corrected chi connectivity index (χ4v) is 5.07. The summed E-state index contributed by atoms with van der Waals surface area (Å²) in [6.07, 6.45) is 32.6. The number of carbonyl (C=O) groups excluding carboxylic acids is 1. The van der Waals surface area contributed by atoms with Gasteiger partial charge in [0.25, 0.3) is 0 Å². The van der Waals surface area contributed by atoms with Crippen molar-refractivity contribution in [2.75, 3.05) is 32.9 Å². The van der Waals surface area contributed by atoms with Crippen molar-refractivity contribution in [1.29, 1.82) is 0 Å². The number of ether oxygens (including phenoxy) is 2. The second-order valence-electron chi connectivity index (χ2n) is 11.7. The van der Waals surface area contributed by atoms with E-state index in [0.29, 0.717) is 26.1 Å². The Labute approximate surface area is 244 Å². The van der Waals surface area contributed by atoms with Gasteiger partial charge in [0.05, 0.1) is 12.7 Å². The number of carbonyl (C=O) groups is 1. The fraction of sp³-hybridized carbons (Fsp3) is 0.971. The molecule has 0 aromatic heterocycles. The summed E-state index contributed by atoms with van der Waals surface area (Å²) in [5, 5.41) is 2.96. The molecule has 0 aromatic rings. The SMILES string of the molecule is CCCCCCCCCCCCCCOCC(CNC(=O)CCN)OCCCCCCCCCCCCCC. The molecule has 1 amide bonds. The molecule has 5 nitrogen and oxygen atoms in total. The lowest BCUT2D eigenvalue weighted by Crippen LogP contribution is -2.37. The third kappa shape index (κ3) is 31.7. The molecule has 1 atom stereocenters. The van der Waals surface area contributed by atoms with Gasteiger partial charge in [-0.25, -0.2) is 0 Å². The monoisotopic (exact) mass is 555 g/mol. The number of hydrogen-bond acceptors (Lipinski definition) is 4. The van der Waals surface area contributed by atoms with Gasteiger partial charge in [0.2, 0.25) is 5.91 Å². The minimum atomic E-state index is -0.0724. The van der Waals surface area contributed by atoms with Crippen LogP contribution in [0.3, 0.4) is 0 Å². The van der Waals surface area contributed by atoms with E-state index in [0.717, 1.165) is 26.1 Å². The highest BCUT2D eigenvalue weighted by Gasteiger charge is 2.11. The molecule has 0 aliphatic carbocycles. The highest BCUT2D eigenvalue weighted by Crippen LogP contribution is 2.13. The van der Waals surface area contributed by atoms with Gasteiger partial charge in [-0.3, -0.25) is 4.79 Å². The topological polar surface area (TPSA) is 73.6 Å². The van der Waals surface area contributed by atoms with Crippen LogP contribution in [0, 0.1) is 0 Å². The summed E-state index contributed by atoms with van der Waals surface area (Å²) in [7, 11) is 0. The molecule has 0 aliphatic heterocycles. The lowest BCUT2D eigenvalue weighted by Gasteiger charge is -2.19. The molecular weight excluding hydrogens is 484 g/mol. The van der Waals surface area contributed by atoms with Crippen LogP contribution in [0.15, 0.2) is 0 Å². The van der Waals surface area contributed by atoms with Crippen molar-refractivity contribution in [2.45, 2.75) is 180 Å². The van der Waals surface area contributed by atoms with Gasteiger partial charge in [-0.2, -0.15) is 0 Å². The number of amides is 1. The first kappa shape index (κ1) is 38.4. The van der Waals surface area contributed by atoms with Gasteiger partial charge in [-0.15, -0.1) is 0 Å². The predicted octanol–water partition coefficient (Wildman–Crippen LogP) is 9.26. The van der Waals surface area contributed by atoms with E-state index in [9.17, 15) is 4.79 Å². The molecular formula is C34H70N2O3. The molecule has 0 saturated carbocycles. The fourth-order valence-electron chi connectivity index (χ4n) is 5.07. The Balaban J connectivity index is 3.75. The van der Waals surface area contributed by atoms with Crippen LogP contribution in [0.1, 0.15) is 174 Å². The Bertz CT molecular complexity index is 475. The standard InChI is InChI=1S/C34H70N2O3/c1-3-5-7-9-11-13-15-17-19-21-23-25-29-38-32-33(31-36-34(37)27-28-35)39-30-26-24-22-20-18-16-14-12-10-8-6-4-2/h33H,3-32,35H2,1-2H3,(H,36,37). The van der Waals surface area contributed by atoms with Crippen LogP contribution in [-0.4, -0.2) is 44.9 Å². The molecule has 3 N–H and O–H groups in total. The molecule has 0 heterocycles. The summed E-state index contributed by atoms with van der Waals surface area (Å²) in [6.45, 7) is 7.54.